The second-order valence-corrected chi connectivity index (χ2v) is 7.51. The number of pyridine rings is 3. The van der Waals surface area contributed by atoms with E-state index in [-0.39, 0.29) is 23.2 Å². The molecule has 0 unspecified atom stereocenters. The Bertz CT molecular complexity index is 1370. The quantitative estimate of drug-likeness (QED) is 0.358. The highest BCUT2D eigenvalue weighted by atomic mass is 16.2. The maximum absolute atomic E-state index is 12.5. The van der Waals surface area contributed by atoms with Crippen molar-refractivity contribution in [1.29, 1.82) is 0 Å². The molecule has 0 aliphatic carbocycles. The molecule has 34 heavy (non-hydrogen) atoms. The Morgan fingerprint density at radius 2 is 1.15 bits per heavy atom. The third-order valence-electron chi connectivity index (χ3n) is 5.25. The topological polar surface area (TPSA) is 131 Å². The number of amides is 2. The van der Waals surface area contributed by atoms with E-state index in [1.807, 2.05) is 57.6 Å². The molecule has 0 saturated carbocycles. The molecular formula is C23H21N9O2. The van der Waals surface area contributed by atoms with Crippen molar-refractivity contribution in [1.82, 2.24) is 44.8 Å². The van der Waals surface area contributed by atoms with Crippen molar-refractivity contribution in [2.45, 2.75) is 12.8 Å². The molecule has 0 spiro atoms. The van der Waals surface area contributed by atoms with Crippen LogP contribution in [0.2, 0.25) is 0 Å². The Morgan fingerprint density at radius 3 is 1.65 bits per heavy atom. The number of aromatic nitrogens is 7. The maximum Gasteiger partial charge on any atom is 0.269 e. The molecule has 5 aromatic rings. The first-order chi connectivity index (χ1) is 16.7. The van der Waals surface area contributed by atoms with Crippen molar-refractivity contribution in [3.63, 3.8) is 0 Å². The van der Waals surface area contributed by atoms with Gasteiger partial charge in [-0.15, -0.1) is 20.4 Å². The van der Waals surface area contributed by atoms with E-state index in [0.29, 0.717) is 25.9 Å². The minimum absolute atomic E-state index is 0.169. The predicted octanol–water partition coefficient (Wildman–Crippen LogP) is 1.11. The first kappa shape index (κ1) is 21.2. The van der Waals surface area contributed by atoms with Crippen LogP contribution in [-0.4, -0.2) is 59.1 Å². The molecule has 170 valence electrons. The SMILES string of the molecule is O=C(NCCc1nnc2ccccn12)c1cccc(C(=O)NCCc2nnc3ccccn23)n1. The van der Waals surface area contributed by atoms with Gasteiger partial charge in [-0.1, -0.05) is 18.2 Å². The minimum atomic E-state index is -0.363. The third kappa shape index (κ3) is 4.44. The fourth-order valence-corrected chi connectivity index (χ4v) is 3.57. The summed E-state index contributed by atoms with van der Waals surface area (Å²) in [4.78, 5) is 29.3. The van der Waals surface area contributed by atoms with Gasteiger partial charge in [0.2, 0.25) is 0 Å². The van der Waals surface area contributed by atoms with E-state index in [0.717, 1.165) is 22.9 Å². The summed E-state index contributed by atoms with van der Waals surface area (Å²) >= 11 is 0. The Kier molecular flexibility index (Phi) is 5.89. The average Bonchev–Trinajstić information content (AvgIpc) is 3.48. The number of carbonyl (C=O) groups excluding carboxylic acids is 2. The van der Waals surface area contributed by atoms with Crippen molar-refractivity contribution < 1.29 is 9.59 Å². The molecule has 0 saturated heterocycles. The van der Waals surface area contributed by atoms with Gasteiger partial charge in [0.25, 0.3) is 11.8 Å². The van der Waals surface area contributed by atoms with E-state index >= 15 is 0 Å². The van der Waals surface area contributed by atoms with Crippen LogP contribution in [0.1, 0.15) is 32.6 Å². The Morgan fingerprint density at radius 1 is 0.647 bits per heavy atom. The van der Waals surface area contributed by atoms with E-state index < -0.39 is 0 Å². The lowest BCUT2D eigenvalue weighted by Gasteiger charge is -2.07. The first-order valence-corrected chi connectivity index (χ1v) is 10.8. The van der Waals surface area contributed by atoms with E-state index in [9.17, 15) is 9.59 Å². The average molecular weight is 455 g/mol. The largest absolute Gasteiger partial charge is 0.350 e. The van der Waals surface area contributed by atoms with Gasteiger partial charge in [0.15, 0.2) is 11.3 Å². The van der Waals surface area contributed by atoms with Crippen LogP contribution in [-0.2, 0) is 12.8 Å². The van der Waals surface area contributed by atoms with Gasteiger partial charge in [0.1, 0.15) is 23.0 Å². The number of fused-ring (bicyclic) bond motifs is 2. The second kappa shape index (κ2) is 9.45. The van der Waals surface area contributed by atoms with Crippen LogP contribution in [0.3, 0.4) is 0 Å². The van der Waals surface area contributed by atoms with Crippen molar-refractivity contribution >= 4 is 23.1 Å². The van der Waals surface area contributed by atoms with Gasteiger partial charge in [-0.3, -0.25) is 18.4 Å². The Labute approximate surface area is 193 Å². The van der Waals surface area contributed by atoms with Crippen molar-refractivity contribution in [3.8, 4) is 0 Å². The van der Waals surface area contributed by atoms with Crippen LogP contribution >= 0.6 is 0 Å². The molecular weight excluding hydrogens is 434 g/mol. The van der Waals surface area contributed by atoms with E-state index in [1.54, 1.807) is 18.2 Å². The molecule has 5 aromatic heterocycles. The fraction of sp³-hybridized carbons (Fsp3) is 0.174. The van der Waals surface area contributed by atoms with Gasteiger partial charge >= 0.3 is 0 Å². The zero-order chi connectivity index (χ0) is 23.3. The minimum Gasteiger partial charge on any atom is -0.350 e. The molecule has 2 N–H and O–H groups in total. The van der Waals surface area contributed by atoms with Crippen LogP contribution in [0.4, 0.5) is 0 Å². The molecule has 0 radical (unpaired) electrons. The van der Waals surface area contributed by atoms with Gasteiger partial charge in [0, 0.05) is 38.3 Å². The Hall–Kier alpha value is -4.67. The highest BCUT2D eigenvalue weighted by Crippen LogP contribution is 2.05. The molecule has 0 aliphatic heterocycles. The third-order valence-corrected chi connectivity index (χ3v) is 5.25. The summed E-state index contributed by atoms with van der Waals surface area (Å²) in [7, 11) is 0. The number of rotatable bonds is 8. The highest BCUT2D eigenvalue weighted by Gasteiger charge is 2.13. The lowest BCUT2D eigenvalue weighted by Crippen LogP contribution is -2.30. The molecule has 0 aromatic carbocycles. The summed E-state index contributed by atoms with van der Waals surface area (Å²) in [6.45, 7) is 0.720. The Balaban J connectivity index is 1.14. The zero-order valence-electron chi connectivity index (χ0n) is 18.1. The number of hydrogen-bond acceptors (Lipinski definition) is 7. The van der Waals surface area contributed by atoms with Crippen molar-refractivity contribution in [2.24, 2.45) is 0 Å². The molecule has 0 fully saturated rings. The maximum atomic E-state index is 12.5. The van der Waals surface area contributed by atoms with Crippen LogP contribution in [0.5, 0.6) is 0 Å². The number of carbonyl (C=O) groups is 2. The number of nitrogens with one attached hydrogen (secondary N) is 2. The first-order valence-electron chi connectivity index (χ1n) is 10.8. The normalized spacial score (nSPS) is 11.1. The predicted molar refractivity (Wildman–Crippen MR) is 122 cm³/mol. The van der Waals surface area contributed by atoms with E-state index in [2.05, 4.69) is 36.0 Å². The van der Waals surface area contributed by atoms with Crippen molar-refractivity contribution in [3.05, 3.63) is 90.0 Å². The van der Waals surface area contributed by atoms with Crippen LogP contribution in [0.15, 0.2) is 67.0 Å². The smallest absolute Gasteiger partial charge is 0.269 e. The lowest BCUT2D eigenvalue weighted by molar-refractivity contribution is 0.0945. The van der Waals surface area contributed by atoms with Crippen LogP contribution in [0, 0.1) is 0 Å². The lowest BCUT2D eigenvalue weighted by atomic mass is 10.2. The molecule has 2 amide bonds. The summed E-state index contributed by atoms with van der Waals surface area (Å²) in [5.41, 5.74) is 1.84. The molecule has 5 heterocycles. The standard InChI is InChI=1S/C23H21N9O2/c33-22(24-12-10-20-29-27-18-8-1-3-14-31(18)20)16-6-5-7-17(26-16)23(34)25-13-11-21-30-28-19-9-2-4-15-32(19)21/h1-9,14-15H,10-13H2,(H,24,33)(H,25,34). The van der Waals surface area contributed by atoms with Gasteiger partial charge in [-0.25, -0.2) is 4.98 Å². The molecule has 0 atom stereocenters. The van der Waals surface area contributed by atoms with Gasteiger partial charge in [-0.05, 0) is 36.4 Å². The number of nitrogens with zero attached hydrogens (tertiary/aromatic N) is 7. The van der Waals surface area contributed by atoms with Gasteiger partial charge < -0.3 is 10.6 Å². The van der Waals surface area contributed by atoms with Crippen LogP contribution in [0.25, 0.3) is 11.3 Å². The van der Waals surface area contributed by atoms with Crippen molar-refractivity contribution in [2.75, 3.05) is 13.1 Å². The summed E-state index contributed by atoms with van der Waals surface area (Å²) in [6.07, 6.45) is 4.77. The highest BCUT2D eigenvalue weighted by molar-refractivity contribution is 5.96. The summed E-state index contributed by atoms with van der Waals surface area (Å²) < 4.78 is 3.75. The number of hydrogen-bond donors (Lipinski definition) is 2. The molecule has 0 bridgehead atoms. The molecule has 11 nitrogen and oxygen atoms in total. The summed E-state index contributed by atoms with van der Waals surface area (Å²) in [5, 5.41) is 22.1. The second-order valence-electron chi connectivity index (χ2n) is 7.51. The zero-order valence-corrected chi connectivity index (χ0v) is 18.1. The molecule has 5 rings (SSSR count). The van der Waals surface area contributed by atoms with E-state index in [4.69, 9.17) is 0 Å². The summed E-state index contributed by atoms with van der Waals surface area (Å²) in [5.74, 6) is 0.770. The fourth-order valence-electron chi connectivity index (χ4n) is 3.57. The monoisotopic (exact) mass is 455 g/mol. The van der Waals surface area contributed by atoms with Gasteiger partial charge in [0.05, 0.1) is 0 Å². The summed E-state index contributed by atoms with van der Waals surface area (Å²) in [6, 6.07) is 16.1. The van der Waals surface area contributed by atoms with Gasteiger partial charge in [-0.2, -0.15) is 0 Å². The van der Waals surface area contributed by atoms with Crippen LogP contribution < -0.4 is 10.6 Å². The van der Waals surface area contributed by atoms with E-state index in [1.165, 1.54) is 0 Å². The molecule has 0 aliphatic rings. The molecule has 11 heteroatoms.